The Morgan fingerprint density at radius 1 is 1.06 bits per heavy atom. The van der Waals surface area contributed by atoms with Crippen LogP contribution in [0.3, 0.4) is 0 Å². The van der Waals surface area contributed by atoms with E-state index < -0.39 is 11.7 Å². The van der Waals surface area contributed by atoms with Crippen molar-refractivity contribution in [3.8, 4) is 10.6 Å². The van der Waals surface area contributed by atoms with E-state index in [1.807, 2.05) is 26.1 Å². The average Bonchev–Trinajstić information content (AvgIpc) is 3.24. The van der Waals surface area contributed by atoms with Gasteiger partial charge in [-0.05, 0) is 61.4 Å². The number of rotatable bonds is 6. The number of hydrogen-bond acceptors (Lipinski definition) is 3. The van der Waals surface area contributed by atoms with Gasteiger partial charge in [0, 0.05) is 35.8 Å². The number of nitrogens with zero attached hydrogens (tertiary/aromatic N) is 2. The van der Waals surface area contributed by atoms with Gasteiger partial charge in [0.1, 0.15) is 5.01 Å². The topological polar surface area (TPSA) is 16.1 Å². The van der Waals surface area contributed by atoms with E-state index in [-0.39, 0.29) is 6.04 Å². The summed E-state index contributed by atoms with van der Waals surface area (Å²) in [5.41, 5.74) is 4.32. The fourth-order valence-electron chi connectivity index (χ4n) is 4.20. The number of aromatic nitrogens is 1. The van der Waals surface area contributed by atoms with Crippen molar-refractivity contribution < 1.29 is 13.2 Å². The van der Waals surface area contributed by atoms with E-state index >= 15 is 0 Å². The molecule has 6 heteroatoms. The average molecular weight is 487 g/mol. The second-order valence-corrected chi connectivity index (χ2v) is 9.35. The molecule has 0 radical (unpaired) electrons. The summed E-state index contributed by atoms with van der Waals surface area (Å²) in [6.07, 6.45) is 3.58. The van der Waals surface area contributed by atoms with Gasteiger partial charge in [-0.15, -0.1) is 17.9 Å². The lowest BCUT2D eigenvalue weighted by atomic mass is 9.98. The molecule has 2 heterocycles. The summed E-state index contributed by atoms with van der Waals surface area (Å²) in [5.74, 6) is 0. The molecule has 2 aromatic carbocycles. The van der Waals surface area contributed by atoms with Crippen LogP contribution in [0.4, 0.5) is 13.2 Å². The zero-order valence-corrected chi connectivity index (χ0v) is 21.0. The quantitative estimate of drug-likeness (QED) is 0.327. The number of alkyl halides is 3. The Morgan fingerprint density at radius 3 is 2.38 bits per heavy atom. The van der Waals surface area contributed by atoms with Gasteiger partial charge >= 0.3 is 6.18 Å². The molecule has 2 nitrogen and oxygen atoms in total. The molecule has 0 fully saturated rings. The van der Waals surface area contributed by atoms with E-state index in [1.54, 1.807) is 11.3 Å². The first kappa shape index (κ1) is 26.2. The fourth-order valence-corrected chi connectivity index (χ4v) is 5.21. The molecule has 0 saturated carbocycles. The van der Waals surface area contributed by atoms with E-state index in [9.17, 15) is 13.2 Å². The highest BCUT2D eigenvalue weighted by molar-refractivity contribution is 7.15. The highest BCUT2D eigenvalue weighted by atomic mass is 32.1. The largest absolute Gasteiger partial charge is 0.416 e. The molecule has 1 atom stereocenters. The molecule has 1 unspecified atom stereocenters. The van der Waals surface area contributed by atoms with Gasteiger partial charge in [-0.3, -0.25) is 4.90 Å². The van der Waals surface area contributed by atoms with Crippen molar-refractivity contribution in [1.82, 2.24) is 9.88 Å². The Kier molecular flexibility index (Phi) is 9.09. The van der Waals surface area contributed by atoms with E-state index in [1.165, 1.54) is 28.8 Å². The lowest BCUT2D eigenvalue weighted by Gasteiger charge is -2.26. The highest BCUT2D eigenvalue weighted by Crippen LogP contribution is 2.35. The van der Waals surface area contributed by atoms with Gasteiger partial charge in [0.15, 0.2) is 0 Å². The third kappa shape index (κ3) is 6.36. The van der Waals surface area contributed by atoms with Crippen LogP contribution in [0.2, 0.25) is 0 Å². The van der Waals surface area contributed by atoms with E-state index in [4.69, 9.17) is 0 Å². The third-order valence-electron chi connectivity index (χ3n) is 6.19. The van der Waals surface area contributed by atoms with Crippen molar-refractivity contribution in [2.45, 2.75) is 58.7 Å². The van der Waals surface area contributed by atoms with Crippen molar-refractivity contribution >= 4 is 11.3 Å². The highest BCUT2D eigenvalue weighted by Gasteiger charge is 2.30. The first-order valence-corrected chi connectivity index (χ1v) is 12.8. The smallest absolute Gasteiger partial charge is 0.295 e. The van der Waals surface area contributed by atoms with Crippen LogP contribution in [0.25, 0.3) is 10.6 Å². The van der Waals surface area contributed by atoms with Crippen LogP contribution in [0.1, 0.15) is 60.4 Å². The number of fused-ring (bicyclic) bond motifs is 1. The molecule has 1 aromatic heterocycles. The lowest BCUT2D eigenvalue weighted by molar-refractivity contribution is -0.137. The molecule has 4 rings (SSSR count). The van der Waals surface area contributed by atoms with Crippen LogP contribution < -0.4 is 0 Å². The number of allylic oxidation sites excluding steroid dienone is 1. The summed E-state index contributed by atoms with van der Waals surface area (Å²) in [7, 11) is 0. The first-order chi connectivity index (χ1) is 16.3. The first-order valence-electron chi connectivity index (χ1n) is 11.9. The third-order valence-corrected chi connectivity index (χ3v) is 7.40. The van der Waals surface area contributed by atoms with Gasteiger partial charge in [-0.2, -0.15) is 13.2 Å². The maximum atomic E-state index is 12.8. The van der Waals surface area contributed by atoms with Crippen molar-refractivity contribution in [3.63, 3.8) is 0 Å². The van der Waals surface area contributed by atoms with E-state index in [0.717, 1.165) is 66.4 Å². The summed E-state index contributed by atoms with van der Waals surface area (Å²) < 4.78 is 38.5. The summed E-state index contributed by atoms with van der Waals surface area (Å²) in [5, 5.41) is 0.755. The second kappa shape index (κ2) is 11.8. The Hall–Kier alpha value is -2.44. The normalized spacial score (nSPS) is 15.0. The van der Waals surface area contributed by atoms with Gasteiger partial charge in [-0.25, -0.2) is 4.98 Å². The molecular weight excluding hydrogens is 453 g/mol. The van der Waals surface area contributed by atoms with Crippen LogP contribution >= 0.6 is 11.3 Å². The minimum atomic E-state index is -4.32. The zero-order valence-electron chi connectivity index (χ0n) is 20.2. The SMILES string of the molecule is C=CCCc1ccc2c(c1)CCN(C(C)c1cnc(-c3ccc(C(F)(F)F)cc3)s1)CC2.CC. The molecule has 0 N–H and O–H groups in total. The van der Waals surface area contributed by atoms with Gasteiger partial charge in [-0.1, -0.05) is 50.3 Å². The van der Waals surface area contributed by atoms with E-state index in [2.05, 4.69) is 41.6 Å². The number of halogens is 3. The molecule has 34 heavy (non-hydrogen) atoms. The van der Waals surface area contributed by atoms with Crippen molar-refractivity contribution in [3.05, 3.63) is 88.4 Å². The minimum Gasteiger partial charge on any atom is -0.295 e. The minimum absolute atomic E-state index is 0.213. The monoisotopic (exact) mass is 486 g/mol. The number of benzene rings is 2. The number of hydrogen-bond donors (Lipinski definition) is 0. The molecule has 0 bridgehead atoms. The molecule has 0 aliphatic carbocycles. The molecule has 0 amide bonds. The summed E-state index contributed by atoms with van der Waals surface area (Å²) in [6.45, 7) is 12.0. The standard InChI is InChI=1S/C26H27F3N2S.C2H6/c1-3-4-5-19-6-7-20-12-14-31(15-13-22(20)16-19)18(2)24-17-30-25(32-24)21-8-10-23(11-9-21)26(27,28)29;1-2/h3,6-11,16-18H,1,4-5,12-15H2,2H3;1-2H3. The second-order valence-electron chi connectivity index (χ2n) is 8.29. The van der Waals surface area contributed by atoms with Crippen molar-refractivity contribution in [2.75, 3.05) is 13.1 Å². The van der Waals surface area contributed by atoms with Gasteiger partial charge < -0.3 is 0 Å². The Morgan fingerprint density at radius 2 is 1.74 bits per heavy atom. The van der Waals surface area contributed by atoms with Gasteiger partial charge in [0.25, 0.3) is 0 Å². The molecule has 1 aliphatic rings. The fraction of sp³-hybridized carbons (Fsp3) is 0.393. The zero-order chi connectivity index (χ0) is 24.7. The number of thiazole rings is 1. The molecule has 1 aliphatic heterocycles. The summed E-state index contributed by atoms with van der Waals surface area (Å²) >= 11 is 1.56. The Balaban J connectivity index is 0.00000158. The van der Waals surface area contributed by atoms with Gasteiger partial charge in [0.2, 0.25) is 0 Å². The maximum Gasteiger partial charge on any atom is 0.416 e. The molecular formula is C28H33F3N2S. The van der Waals surface area contributed by atoms with Crippen molar-refractivity contribution in [2.24, 2.45) is 0 Å². The maximum absolute atomic E-state index is 12.8. The lowest BCUT2D eigenvalue weighted by Crippen LogP contribution is -2.29. The molecule has 0 spiro atoms. The molecule has 3 aromatic rings. The molecule has 182 valence electrons. The van der Waals surface area contributed by atoms with Crippen LogP contribution in [0, 0.1) is 0 Å². The van der Waals surface area contributed by atoms with Crippen LogP contribution in [0.5, 0.6) is 0 Å². The summed E-state index contributed by atoms with van der Waals surface area (Å²) in [6, 6.07) is 12.3. The Labute approximate surface area is 205 Å². The van der Waals surface area contributed by atoms with Crippen molar-refractivity contribution in [1.29, 1.82) is 0 Å². The van der Waals surface area contributed by atoms with Crippen LogP contribution in [0.15, 0.2) is 61.3 Å². The Bertz CT molecular complexity index is 1070. The number of aryl methyl sites for hydroxylation is 1. The van der Waals surface area contributed by atoms with Crippen LogP contribution in [-0.2, 0) is 25.4 Å². The van der Waals surface area contributed by atoms with Crippen LogP contribution in [-0.4, -0.2) is 23.0 Å². The predicted octanol–water partition coefficient (Wildman–Crippen LogP) is 8.14. The summed E-state index contributed by atoms with van der Waals surface area (Å²) in [4.78, 5) is 8.12. The van der Waals surface area contributed by atoms with E-state index in [0.29, 0.717) is 0 Å². The predicted molar refractivity (Wildman–Crippen MR) is 136 cm³/mol. The molecule has 0 saturated heterocycles. The van der Waals surface area contributed by atoms with Gasteiger partial charge in [0.05, 0.1) is 5.56 Å².